The number of carbonyl (C=O) groups excluding carboxylic acids is 4. The van der Waals surface area contributed by atoms with Crippen molar-refractivity contribution >= 4 is 51.5 Å². The lowest BCUT2D eigenvalue weighted by molar-refractivity contribution is -0.134. The van der Waals surface area contributed by atoms with E-state index in [1.807, 2.05) is 25.3 Å². The van der Waals surface area contributed by atoms with Gasteiger partial charge in [0.15, 0.2) is 0 Å². The minimum atomic E-state index is -1.09. The SMILES string of the molecule is CCOC(=O)c1c(NC(=O)CN2C(=O)NC3(CCCc4sccc43)C2=O)sc(C)c1CC. The minimum Gasteiger partial charge on any atom is -0.462 e. The molecule has 0 aromatic carbocycles. The van der Waals surface area contributed by atoms with Crippen LogP contribution in [0.5, 0.6) is 0 Å². The summed E-state index contributed by atoms with van der Waals surface area (Å²) >= 11 is 2.86. The number of thiophene rings is 2. The van der Waals surface area contributed by atoms with Crippen molar-refractivity contribution in [1.82, 2.24) is 10.2 Å². The lowest BCUT2D eigenvalue weighted by Crippen LogP contribution is -2.46. The number of rotatable bonds is 6. The van der Waals surface area contributed by atoms with Crippen LogP contribution in [0.15, 0.2) is 11.4 Å². The summed E-state index contributed by atoms with van der Waals surface area (Å²) in [5.74, 6) is -1.44. The molecule has 1 saturated heterocycles. The summed E-state index contributed by atoms with van der Waals surface area (Å²) in [4.78, 5) is 54.3. The Morgan fingerprint density at radius 1 is 1.31 bits per heavy atom. The van der Waals surface area contributed by atoms with Gasteiger partial charge in [-0.25, -0.2) is 9.59 Å². The number of amides is 4. The third-order valence-electron chi connectivity index (χ3n) is 5.93. The second-order valence-electron chi connectivity index (χ2n) is 7.80. The van der Waals surface area contributed by atoms with Gasteiger partial charge in [0, 0.05) is 15.3 Å². The number of imide groups is 1. The maximum absolute atomic E-state index is 13.3. The number of hydrogen-bond donors (Lipinski definition) is 2. The highest BCUT2D eigenvalue weighted by atomic mass is 32.1. The molecule has 1 aliphatic heterocycles. The van der Waals surface area contributed by atoms with Gasteiger partial charge in [-0.2, -0.15) is 0 Å². The lowest BCUT2D eigenvalue weighted by Gasteiger charge is -2.31. The minimum absolute atomic E-state index is 0.222. The smallest absolute Gasteiger partial charge is 0.341 e. The first kappa shape index (κ1) is 22.5. The molecule has 1 aliphatic carbocycles. The molecular weight excluding hydrogens is 450 g/mol. The molecular formula is C22H25N3O5S2. The number of esters is 1. The quantitative estimate of drug-likeness (QED) is 0.491. The summed E-state index contributed by atoms with van der Waals surface area (Å²) in [6.45, 7) is 5.33. The Hall–Kier alpha value is -2.72. The Bertz CT molecular complexity index is 1110. The first-order chi connectivity index (χ1) is 15.3. The molecule has 2 aromatic heterocycles. The average Bonchev–Trinajstić information content (AvgIpc) is 3.41. The van der Waals surface area contributed by atoms with Gasteiger partial charge in [-0.3, -0.25) is 14.5 Å². The number of aryl methyl sites for hydroxylation is 2. The number of anilines is 1. The van der Waals surface area contributed by atoms with Gasteiger partial charge < -0.3 is 15.4 Å². The maximum Gasteiger partial charge on any atom is 0.341 e. The number of nitrogens with one attached hydrogen (secondary N) is 2. The van der Waals surface area contributed by atoms with E-state index in [4.69, 9.17) is 4.74 Å². The fourth-order valence-electron chi connectivity index (χ4n) is 4.51. The number of ether oxygens (including phenoxy) is 1. The van der Waals surface area contributed by atoms with Crippen molar-refractivity contribution in [3.63, 3.8) is 0 Å². The fourth-order valence-corrected chi connectivity index (χ4v) is 6.66. The Kier molecular flexibility index (Phi) is 6.09. The van der Waals surface area contributed by atoms with Crippen molar-refractivity contribution in [2.75, 3.05) is 18.5 Å². The van der Waals surface area contributed by atoms with Crippen molar-refractivity contribution in [3.05, 3.63) is 37.9 Å². The maximum atomic E-state index is 13.3. The first-order valence-electron chi connectivity index (χ1n) is 10.6. The fraction of sp³-hybridized carbons (Fsp3) is 0.455. The highest BCUT2D eigenvalue weighted by molar-refractivity contribution is 7.16. The van der Waals surface area contributed by atoms with Crippen LogP contribution in [0.2, 0.25) is 0 Å². The standard InChI is InChI=1S/C22H25N3O5S2/c1-4-13-12(3)32-18(17(13)19(27)30-5-2)23-16(26)11-25-20(28)22(24-21(25)29)9-6-7-15-14(22)8-10-31-15/h8,10H,4-7,9,11H2,1-3H3,(H,23,26)(H,24,29). The van der Waals surface area contributed by atoms with Gasteiger partial charge in [0.05, 0.1) is 12.2 Å². The summed E-state index contributed by atoms with van der Waals surface area (Å²) in [6, 6.07) is 1.30. The predicted octanol–water partition coefficient (Wildman–Crippen LogP) is 3.58. The molecule has 2 N–H and O–H groups in total. The van der Waals surface area contributed by atoms with E-state index in [9.17, 15) is 19.2 Å². The molecule has 8 nitrogen and oxygen atoms in total. The van der Waals surface area contributed by atoms with E-state index in [0.29, 0.717) is 23.4 Å². The Morgan fingerprint density at radius 3 is 2.81 bits per heavy atom. The molecule has 0 radical (unpaired) electrons. The summed E-state index contributed by atoms with van der Waals surface area (Å²) in [7, 11) is 0. The van der Waals surface area contributed by atoms with Crippen molar-refractivity contribution in [1.29, 1.82) is 0 Å². The normalized spacial score (nSPS) is 19.8. The molecule has 2 aromatic rings. The topological polar surface area (TPSA) is 105 Å². The molecule has 2 aliphatic rings. The van der Waals surface area contributed by atoms with E-state index in [-0.39, 0.29) is 6.61 Å². The summed E-state index contributed by atoms with van der Waals surface area (Å²) in [5.41, 5.74) is 0.913. The van der Waals surface area contributed by atoms with Gasteiger partial charge in [-0.15, -0.1) is 22.7 Å². The zero-order chi connectivity index (χ0) is 23.0. The average molecular weight is 476 g/mol. The van der Waals surface area contributed by atoms with E-state index in [1.54, 1.807) is 18.3 Å². The van der Waals surface area contributed by atoms with Gasteiger partial charge in [0.2, 0.25) is 5.91 Å². The van der Waals surface area contributed by atoms with Crippen molar-refractivity contribution in [3.8, 4) is 0 Å². The number of carbonyl (C=O) groups is 4. The van der Waals surface area contributed by atoms with Crippen LogP contribution in [0, 0.1) is 6.92 Å². The van der Waals surface area contributed by atoms with Gasteiger partial charge in [-0.1, -0.05) is 6.92 Å². The highest BCUT2D eigenvalue weighted by Crippen LogP contribution is 2.42. The molecule has 1 spiro atoms. The first-order valence-corrected chi connectivity index (χ1v) is 12.3. The van der Waals surface area contributed by atoms with E-state index in [0.717, 1.165) is 38.6 Å². The molecule has 0 bridgehead atoms. The van der Waals surface area contributed by atoms with Gasteiger partial charge in [-0.05, 0) is 56.5 Å². The van der Waals surface area contributed by atoms with Crippen LogP contribution in [0.3, 0.4) is 0 Å². The molecule has 10 heteroatoms. The van der Waals surface area contributed by atoms with E-state index >= 15 is 0 Å². The molecule has 32 heavy (non-hydrogen) atoms. The van der Waals surface area contributed by atoms with Gasteiger partial charge in [0.25, 0.3) is 5.91 Å². The third-order valence-corrected chi connectivity index (χ3v) is 7.98. The zero-order valence-corrected chi connectivity index (χ0v) is 19.8. The summed E-state index contributed by atoms with van der Waals surface area (Å²) < 4.78 is 5.16. The molecule has 1 fully saturated rings. The second kappa shape index (κ2) is 8.67. The zero-order valence-electron chi connectivity index (χ0n) is 18.2. The molecule has 1 atom stereocenters. The Balaban J connectivity index is 1.54. The van der Waals surface area contributed by atoms with Crippen LogP contribution in [0.1, 0.15) is 57.9 Å². The van der Waals surface area contributed by atoms with Crippen LogP contribution >= 0.6 is 22.7 Å². The van der Waals surface area contributed by atoms with E-state index in [1.165, 1.54) is 11.3 Å². The van der Waals surface area contributed by atoms with Crippen LogP contribution in [0.25, 0.3) is 0 Å². The van der Waals surface area contributed by atoms with E-state index < -0.39 is 35.9 Å². The van der Waals surface area contributed by atoms with Crippen molar-refractivity contribution in [2.45, 2.75) is 52.0 Å². The molecule has 3 heterocycles. The second-order valence-corrected chi connectivity index (χ2v) is 10.0. The lowest BCUT2D eigenvalue weighted by atomic mass is 9.80. The van der Waals surface area contributed by atoms with Crippen LogP contribution in [-0.4, -0.2) is 41.9 Å². The van der Waals surface area contributed by atoms with Crippen LogP contribution in [-0.2, 0) is 32.7 Å². The summed E-state index contributed by atoms with van der Waals surface area (Å²) in [5, 5.41) is 7.87. The number of nitrogens with zero attached hydrogens (tertiary/aromatic N) is 1. The summed E-state index contributed by atoms with van der Waals surface area (Å²) in [6.07, 6.45) is 2.80. The van der Waals surface area contributed by atoms with E-state index in [2.05, 4.69) is 10.6 Å². The van der Waals surface area contributed by atoms with Crippen LogP contribution in [0.4, 0.5) is 9.80 Å². The molecule has 0 saturated carbocycles. The number of hydrogen-bond acceptors (Lipinski definition) is 7. The number of urea groups is 1. The van der Waals surface area contributed by atoms with Crippen molar-refractivity contribution in [2.24, 2.45) is 0 Å². The third kappa shape index (κ3) is 3.61. The van der Waals surface area contributed by atoms with Gasteiger partial charge in [0.1, 0.15) is 17.1 Å². The number of fused-ring (bicyclic) bond motifs is 2. The largest absolute Gasteiger partial charge is 0.462 e. The molecule has 170 valence electrons. The van der Waals surface area contributed by atoms with Crippen LogP contribution < -0.4 is 10.6 Å². The molecule has 1 unspecified atom stereocenters. The highest BCUT2D eigenvalue weighted by Gasteiger charge is 2.54. The van der Waals surface area contributed by atoms with Crippen molar-refractivity contribution < 1.29 is 23.9 Å². The monoisotopic (exact) mass is 475 g/mol. The Morgan fingerprint density at radius 2 is 2.09 bits per heavy atom. The molecule has 4 amide bonds. The predicted molar refractivity (Wildman–Crippen MR) is 122 cm³/mol. The Labute approximate surface area is 193 Å². The molecule has 4 rings (SSSR count). The van der Waals surface area contributed by atoms with Gasteiger partial charge >= 0.3 is 12.0 Å².